The van der Waals surface area contributed by atoms with Crippen LogP contribution >= 0.6 is 0 Å². The Bertz CT molecular complexity index is 634. The van der Waals surface area contributed by atoms with Gasteiger partial charge >= 0.3 is 12.0 Å². The van der Waals surface area contributed by atoms with Crippen LogP contribution in [0.25, 0.3) is 0 Å². The number of methoxy groups -OCH3 is 2. The van der Waals surface area contributed by atoms with E-state index in [1.807, 2.05) is 0 Å². The molecule has 0 spiro atoms. The first-order valence-electron chi connectivity index (χ1n) is 5.58. The molecule has 2 rings (SSSR count). The number of hydrogen-bond acceptors (Lipinski definition) is 6. The zero-order valence-corrected chi connectivity index (χ0v) is 10.8. The van der Waals surface area contributed by atoms with Gasteiger partial charge in [-0.1, -0.05) is 12.1 Å². The predicted molar refractivity (Wildman–Crippen MR) is 66.4 cm³/mol. The summed E-state index contributed by atoms with van der Waals surface area (Å²) in [6.45, 7) is 0. The van der Waals surface area contributed by atoms with Gasteiger partial charge in [0.05, 0.1) is 20.3 Å². The van der Waals surface area contributed by atoms with Gasteiger partial charge in [-0.2, -0.15) is 14.4 Å². The van der Waals surface area contributed by atoms with Crippen molar-refractivity contribution < 1.29 is 23.4 Å². The molecule has 0 aliphatic carbocycles. The molecule has 0 saturated heterocycles. The minimum atomic E-state index is -0.803. The van der Waals surface area contributed by atoms with E-state index < -0.39 is 11.9 Å². The maximum Gasteiger partial charge on any atom is 0.341 e. The Labute approximate surface area is 114 Å². The normalized spacial score (nSPS) is 9.95. The predicted octanol–water partition coefficient (Wildman–Crippen LogP) is 2.20. The second-order valence-corrected chi connectivity index (χ2v) is 3.61. The minimum Gasteiger partial charge on any atom is -0.481 e. The van der Waals surface area contributed by atoms with Crippen molar-refractivity contribution in [3.8, 4) is 17.6 Å². The molecule has 0 radical (unpaired) electrons. The summed E-state index contributed by atoms with van der Waals surface area (Å²) in [4.78, 5) is 18.9. The Morgan fingerprint density at radius 3 is 2.65 bits per heavy atom. The molecule has 0 atom stereocenters. The van der Waals surface area contributed by atoms with Gasteiger partial charge in [0.1, 0.15) is 11.3 Å². The molecule has 1 heterocycles. The number of carbonyl (C=O) groups excluding carboxylic acids is 1. The van der Waals surface area contributed by atoms with Crippen molar-refractivity contribution in [1.82, 2.24) is 9.97 Å². The summed E-state index contributed by atoms with van der Waals surface area (Å²) in [5, 5.41) is 0. The van der Waals surface area contributed by atoms with Crippen LogP contribution in [0, 0.1) is 5.95 Å². The summed E-state index contributed by atoms with van der Waals surface area (Å²) in [6.07, 6.45) is 0. The first kappa shape index (κ1) is 13.7. The van der Waals surface area contributed by atoms with Crippen LogP contribution in [0.4, 0.5) is 4.39 Å². The molecule has 2 aromatic rings. The third-order valence-corrected chi connectivity index (χ3v) is 2.35. The maximum atomic E-state index is 13.2. The average molecular weight is 278 g/mol. The van der Waals surface area contributed by atoms with Crippen molar-refractivity contribution >= 4 is 5.97 Å². The fourth-order valence-corrected chi connectivity index (χ4v) is 1.46. The molecule has 0 saturated carbocycles. The third-order valence-electron chi connectivity index (χ3n) is 2.35. The van der Waals surface area contributed by atoms with Crippen LogP contribution in [0.15, 0.2) is 30.3 Å². The van der Waals surface area contributed by atoms with Crippen LogP contribution in [0.2, 0.25) is 0 Å². The van der Waals surface area contributed by atoms with Gasteiger partial charge in [0.15, 0.2) is 0 Å². The van der Waals surface area contributed by atoms with Crippen LogP contribution in [-0.2, 0) is 4.74 Å². The molecule has 0 aliphatic rings. The van der Waals surface area contributed by atoms with Crippen molar-refractivity contribution in [1.29, 1.82) is 0 Å². The van der Waals surface area contributed by atoms with Crippen molar-refractivity contribution in [2.45, 2.75) is 0 Å². The van der Waals surface area contributed by atoms with E-state index in [-0.39, 0.29) is 23.2 Å². The molecule has 1 aromatic carbocycles. The number of aromatic nitrogens is 2. The third kappa shape index (κ3) is 3.00. The van der Waals surface area contributed by atoms with E-state index in [0.717, 1.165) is 6.07 Å². The van der Waals surface area contributed by atoms with Crippen molar-refractivity contribution in [3.05, 3.63) is 41.8 Å². The molecule has 0 N–H and O–H groups in total. The van der Waals surface area contributed by atoms with Gasteiger partial charge in [-0.15, -0.1) is 0 Å². The highest BCUT2D eigenvalue weighted by Gasteiger charge is 2.15. The molecule has 1 aromatic heterocycles. The molecule has 7 heteroatoms. The van der Waals surface area contributed by atoms with E-state index in [9.17, 15) is 9.18 Å². The molecule has 0 aliphatic heterocycles. The SMILES string of the molecule is COC(=O)c1ccccc1Oc1nc(F)cc(OC)n1. The Morgan fingerprint density at radius 1 is 1.20 bits per heavy atom. The van der Waals surface area contributed by atoms with Gasteiger partial charge in [0.2, 0.25) is 11.8 Å². The Hall–Kier alpha value is -2.70. The first-order valence-corrected chi connectivity index (χ1v) is 5.58. The van der Waals surface area contributed by atoms with Gasteiger partial charge in [-0.25, -0.2) is 4.79 Å². The summed E-state index contributed by atoms with van der Waals surface area (Å²) < 4.78 is 28.0. The Morgan fingerprint density at radius 2 is 1.95 bits per heavy atom. The van der Waals surface area contributed by atoms with Gasteiger partial charge in [-0.3, -0.25) is 0 Å². The lowest BCUT2D eigenvalue weighted by Crippen LogP contribution is -2.05. The Balaban J connectivity index is 2.35. The van der Waals surface area contributed by atoms with E-state index in [1.54, 1.807) is 12.1 Å². The Kier molecular flexibility index (Phi) is 4.09. The summed E-state index contributed by atoms with van der Waals surface area (Å²) in [7, 11) is 2.59. The topological polar surface area (TPSA) is 70.5 Å². The molecule has 0 bridgehead atoms. The molecular weight excluding hydrogens is 267 g/mol. The van der Waals surface area contributed by atoms with Crippen LogP contribution in [-0.4, -0.2) is 30.2 Å². The standard InChI is InChI=1S/C13H11FN2O4/c1-18-11-7-10(14)15-13(16-11)20-9-6-4-3-5-8(9)12(17)19-2/h3-7H,1-2H3. The van der Waals surface area contributed by atoms with E-state index in [2.05, 4.69) is 14.7 Å². The minimum absolute atomic E-state index is 0.0167. The van der Waals surface area contributed by atoms with Crippen LogP contribution in [0.3, 0.4) is 0 Å². The number of benzene rings is 1. The molecule has 0 fully saturated rings. The first-order chi connectivity index (χ1) is 9.63. The number of nitrogens with zero attached hydrogens (tertiary/aromatic N) is 2. The number of carbonyl (C=O) groups is 1. The van der Waals surface area contributed by atoms with E-state index in [1.165, 1.54) is 26.4 Å². The second-order valence-electron chi connectivity index (χ2n) is 3.61. The zero-order valence-electron chi connectivity index (χ0n) is 10.8. The second kappa shape index (κ2) is 5.96. The van der Waals surface area contributed by atoms with Crippen LogP contribution < -0.4 is 9.47 Å². The van der Waals surface area contributed by atoms with Gasteiger partial charge < -0.3 is 14.2 Å². The highest BCUT2D eigenvalue weighted by atomic mass is 19.1. The summed E-state index contributed by atoms with van der Waals surface area (Å²) in [5.74, 6) is -1.21. The van der Waals surface area contributed by atoms with Crippen molar-refractivity contribution in [2.24, 2.45) is 0 Å². The number of halogens is 1. The van der Waals surface area contributed by atoms with E-state index in [4.69, 9.17) is 9.47 Å². The molecular formula is C13H11FN2O4. The largest absolute Gasteiger partial charge is 0.481 e. The molecule has 0 amide bonds. The molecule has 104 valence electrons. The van der Waals surface area contributed by atoms with Crippen molar-refractivity contribution in [2.75, 3.05) is 14.2 Å². The highest BCUT2D eigenvalue weighted by molar-refractivity contribution is 5.92. The van der Waals surface area contributed by atoms with Gasteiger partial charge in [0.25, 0.3) is 0 Å². The van der Waals surface area contributed by atoms with E-state index >= 15 is 0 Å². The zero-order chi connectivity index (χ0) is 14.5. The monoisotopic (exact) mass is 278 g/mol. The summed E-state index contributed by atoms with van der Waals surface area (Å²) >= 11 is 0. The number of hydrogen-bond donors (Lipinski definition) is 0. The maximum absolute atomic E-state index is 13.2. The number of para-hydroxylation sites is 1. The lowest BCUT2D eigenvalue weighted by Gasteiger charge is -2.08. The van der Waals surface area contributed by atoms with Crippen LogP contribution in [0.1, 0.15) is 10.4 Å². The van der Waals surface area contributed by atoms with Gasteiger partial charge in [-0.05, 0) is 12.1 Å². The number of ether oxygens (including phenoxy) is 3. The number of esters is 1. The molecule has 6 nitrogen and oxygen atoms in total. The average Bonchev–Trinajstić information content (AvgIpc) is 2.46. The fourth-order valence-electron chi connectivity index (χ4n) is 1.46. The smallest absolute Gasteiger partial charge is 0.341 e. The fraction of sp³-hybridized carbons (Fsp3) is 0.154. The van der Waals surface area contributed by atoms with E-state index in [0.29, 0.717) is 0 Å². The highest BCUT2D eigenvalue weighted by Crippen LogP contribution is 2.24. The quantitative estimate of drug-likeness (QED) is 0.630. The molecule has 0 unspecified atom stereocenters. The lowest BCUT2D eigenvalue weighted by molar-refractivity contribution is 0.0598. The van der Waals surface area contributed by atoms with Gasteiger partial charge in [0, 0.05) is 0 Å². The summed E-state index contributed by atoms with van der Waals surface area (Å²) in [6, 6.07) is 7.08. The molecule has 20 heavy (non-hydrogen) atoms. The lowest BCUT2D eigenvalue weighted by atomic mass is 10.2. The van der Waals surface area contributed by atoms with Crippen molar-refractivity contribution in [3.63, 3.8) is 0 Å². The van der Waals surface area contributed by atoms with Crippen LogP contribution in [0.5, 0.6) is 17.6 Å². The number of rotatable bonds is 4. The summed E-state index contributed by atoms with van der Waals surface area (Å²) in [5.41, 5.74) is 0.182.